The van der Waals surface area contributed by atoms with Gasteiger partial charge in [0.05, 0.1) is 12.2 Å². The number of ether oxygens (including phenoxy) is 1. The van der Waals surface area contributed by atoms with Crippen LogP contribution in [0.3, 0.4) is 0 Å². The minimum Gasteiger partial charge on any atom is -0.423 e. The van der Waals surface area contributed by atoms with E-state index >= 15 is 0 Å². The summed E-state index contributed by atoms with van der Waals surface area (Å²) in [5, 5.41) is 4.79. The standard InChI is InChI=1S/C22H28N2O3.2ClH/c1-2-15-3-6-20-19(9-15)16(10-21(25)27-20)13-24-7-8-26-22(14-24)11-17-4-5-18(12-22)23-17;;/h3,6,9-10,17-18,23H,2,4-5,7-8,11-14H2,1H3;2*1H/t17-,18+,22?;;. The van der Waals surface area contributed by atoms with Gasteiger partial charge in [0.15, 0.2) is 0 Å². The first-order chi connectivity index (χ1) is 13.1. The summed E-state index contributed by atoms with van der Waals surface area (Å²) in [5.41, 5.74) is 2.76. The highest BCUT2D eigenvalue weighted by Gasteiger charge is 2.46. The van der Waals surface area contributed by atoms with Gasteiger partial charge in [0, 0.05) is 43.2 Å². The lowest BCUT2D eigenvalue weighted by atomic mass is 9.85. The van der Waals surface area contributed by atoms with Crippen LogP contribution in [0.25, 0.3) is 11.0 Å². The second-order valence-corrected chi connectivity index (χ2v) is 8.56. The average Bonchev–Trinajstić information content (AvgIpc) is 3.00. The molecule has 0 radical (unpaired) electrons. The number of hydrogen-bond donors (Lipinski definition) is 1. The van der Waals surface area contributed by atoms with Crippen LogP contribution < -0.4 is 10.9 Å². The first kappa shape index (κ1) is 22.6. The van der Waals surface area contributed by atoms with Gasteiger partial charge in [-0.2, -0.15) is 0 Å². The number of rotatable bonds is 3. The predicted octanol–water partition coefficient (Wildman–Crippen LogP) is 3.68. The summed E-state index contributed by atoms with van der Waals surface area (Å²) in [5.74, 6) is 0. The molecule has 3 aliphatic rings. The molecule has 0 saturated carbocycles. The van der Waals surface area contributed by atoms with E-state index in [9.17, 15) is 4.79 Å². The van der Waals surface area contributed by atoms with Gasteiger partial charge >= 0.3 is 5.63 Å². The van der Waals surface area contributed by atoms with Crippen LogP contribution in [0.5, 0.6) is 0 Å². The summed E-state index contributed by atoms with van der Waals surface area (Å²) in [6, 6.07) is 9.05. The Balaban J connectivity index is 0.00000120. The largest absolute Gasteiger partial charge is 0.423 e. The van der Waals surface area contributed by atoms with Crippen LogP contribution in [0.15, 0.2) is 33.5 Å². The van der Waals surface area contributed by atoms with Gasteiger partial charge in [0.1, 0.15) is 5.58 Å². The number of fused-ring (bicyclic) bond motifs is 3. The highest BCUT2D eigenvalue weighted by Crippen LogP contribution is 2.39. The number of nitrogens with zero attached hydrogens (tertiary/aromatic N) is 1. The Labute approximate surface area is 184 Å². The first-order valence-corrected chi connectivity index (χ1v) is 10.3. The Hall–Kier alpha value is -1.11. The van der Waals surface area contributed by atoms with Crippen molar-refractivity contribution < 1.29 is 9.15 Å². The van der Waals surface area contributed by atoms with Crippen LogP contribution in [0.4, 0.5) is 0 Å². The van der Waals surface area contributed by atoms with Crippen molar-refractivity contribution in [2.45, 2.75) is 63.3 Å². The van der Waals surface area contributed by atoms with E-state index in [1.54, 1.807) is 6.07 Å². The van der Waals surface area contributed by atoms with E-state index in [1.165, 1.54) is 18.4 Å². The maximum atomic E-state index is 12.1. The number of hydrogen-bond acceptors (Lipinski definition) is 5. The van der Waals surface area contributed by atoms with Crippen LogP contribution in [-0.2, 0) is 17.7 Å². The van der Waals surface area contributed by atoms with E-state index in [0.29, 0.717) is 17.7 Å². The molecular weight excluding hydrogens is 411 g/mol. The molecule has 1 unspecified atom stereocenters. The second-order valence-electron chi connectivity index (χ2n) is 8.56. The van der Waals surface area contributed by atoms with Gasteiger partial charge < -0.3 is 14.5 Å². The minimum absolute atomic E-state index is 0. The maximum absolute atomic E-state index is 12.1. The molecule has 1 spiro atoms. The van der Waals surface area contributed by atoms with Crippen LogP contribution in [0.2, 0.25) is 0 Å². The molecule has 5 rings (SSSR count). The molecular formula is C22H30Cl2N2O3. The van der Waals surface area contributed by atoms with E-state index in [1.807, 2.05) is 12.1 Å². The zero-order chi connectivity index (χ0) is 18.4. The monoisotopic (exact) mass is 440 g/mol. The van der Waals surface area contributed by atoms with Gasteiger partial charge in [-0.1, -0.05) is 13.0 Å². The Morgan fingerprint density at radius 1 is 1.17 bits per heavy atom. The summed E-state index contributed by atoms with van der Waals surface area (Å²) >= 11 is 0. The number of nitrogens with one attached hydrogen (secondary N) is 1. The molecule has 3 fully saturated rings. The summed E-state index contributed by atoms with van der Waals surface area (Å²) in [7, 11) is 0. The molecule has 7 heteroatoms. The van der Waals surface area contributed by atoms with Crippen LogP contribution in [0, 0.1) is 0 Å². The number of halogens is 2. The summed E-state index contributed by atoms with van der Waals surface area (Å²) < 4.78 is 11.8. The summed E-state index contributed by atoms with van der Waals surface area (Å²) in [6.45, 7) is 5.58. The van der Waals surface area contributed by atoms with Crippen molar-refractivity contribution >= 4 is 35.8 Å². The Kier molecular flexibility index (Phi) is 6.96. The van der Waals surface area contributed by atoms with E-state index < -0.39 is 0 Å². The number of morpholine rings is 1. The molecule has 0 amide bonds. The number of aryl methyl sites for hydroxylation is 1. The number of piperidine rings is 1. The molecule has 29 heavy (non-hydrogen) atoms. The lowest BCUT2D eigenvalue weighted by molar-refractivity contribution is -0.133. The van der Waals surface area contributed by atoms with E-state index in [4.69, 9.17) is 9.15 Å². The minimum atomic E-state index is -0.260. The molecule has 3 aliphatic heterocycles. The van der Waals surface area contributed by atoms with Crippen molar-refractivity contribution in [1.82, 2.24) is 10.2 Å². The molecule has 4 heterocycles. The smallest absolute Gasteiger partial charge is 0.336 e. The van der Waals surface area contributed by atoms with Crippen molar-refractivity contribution in [3.63, 3.8) is 0 Å². The maximum Gasteiger partial charge on any atom is 0.336 e. The second kappa shape index (κ2) is 8.94. The molecule has 1 N–H and O–H groups in total. The molecule has 160 valence electrons. The van der Waals surface area contributed by atoms with E-state index in [0.717, 1.165) is 56.5 Å². The number of benzene rings is 1. The third-order valence-electron chi connectivity index (χ3n) is 6.59. The highest BCUT2D eigenvalue weighted by molar-refractivity contribution is 5.85. The zero-order valence-electron chi connectivity index (χ0n) is 16.8. The molecule has 1 aromatic heterocycles. The van der Waals surface area contributed by atoms with Crippen molar-refractivity contribution in [2.24, 2.45) is 0 Å². The van der Waals surface area contributed by atoms with Crippen molar-refractivity contribution in [2.75, 3.05) is 19.7 Å². The topological polar surface area (TPSA) is 54.7 Å². The normalized spacial score (nSPS) is 28.9. The quantitative estimate of drug-likeness (QED) is 0.737. The van der Waals surface area contributed by atoms with Crippen LogP contribution in [-0.4, -0.2) is 42.3 Å². The molecule has 2 aromatic rings. The van der Waals surface area contributed by atoms with Crippen molar-refractivity contribution in [1.29, 1.82) is 0 Å². The third kappa shape index (κ3) is 4.49. The van der Waals surface area contributed by atoms with Crippen LogP contribution >= 0.6 is 24.8 Å². The fraction of sp³-hybridized carbons (Fsp3) is 0.591. The van der Waals surface area contributed by atoms with Gasteiger partial charge in [-0.3, -0.25) is 4.90 Å². The molecule has 0 aliphatic carbocycles. The van der Waals surface area contributed by atoms with Crippen molar-refractivity contribution in [3.8, 4) is 0 Å². The predicted molar refractivity (Wildman–Crippen MR) is 119 cm³/mol. The lowest BCUT2D eigenvalue weighted by Gasteiger charge is -2.47. The highest BCUT2D eigenvalue weighted by atomic mass is 35.5. The van der Waals surface area contributed by atoms with Gasteiger partial charge in [-0.15, -0.1) is 24.8 Å². The van der Waals surface area contributed by atoms with E-state index in [2.05, 4.69) is 23.2 Å². The molecule has 2 bridgehead atoms. The van der Waals surface area contributed by atoms with E-state index in [-0.39, 0.29) is 36.0 Å². The van der Waals surface area contributed by atoms with Crippen LogP contribution in [0.1, 0.15) is 43.7 Å². The SMILES string of the molecule is CCc1ccc2oc(=O)cc(CN3CCOC4(C[C@H]5CC[C@@H](C4)N5)C3)c2c1.Cl.Cl. The Morgan fingerprint density at radius 3 is 2.66 bits per heavy atom. The molecule has 5 nitrogen and oxygen atoms in total. The van der Waals surface area contributed by atoms with Crippen molar-refractivity contribution in [3.05, 3.63) is 45.8 Å². The van der Waals surface area contributed by atoms with Gasteiger partial charge in [-0.05, 0) is 55.4 Å². The van der Waals surface area contributed by atoms with Gasteiger partial charge in [0.25, 0.3) is 0 Å². The summed E-state index contributed by atoms with van der Waals surface area (Å²) in [4.78, 5) is 14.5. The Morgan fingerprint density at radius 2 is 1.93 bits per heavy atom. The third-order valence-corrected chi connectivity index (χ3v) is 6.59. The van der Waals surface area contributed by atoms with Gasteiger partial charge in [-0.25, -0.2) is 4.79 Å². The fourth-order valence-electron chi connectivity index (χ4n) is 5.38. The molecule has 1 aromatic carbocycles. The first-order valence-electron chi connectivity index (χ1n) is 10.3. The lowest BCUT2D eigenvalue weighted by Crippen LogP contribution is -2.58. The zero-order valence-corrected chi connectivity index (χ0v) is 18.4. The average molecular weight is 441 g/mol. The van der Waals surface area contributed by atoms with Gasteiger partial charge in [0.2, 0.25) is 0 Å². The Bertz CT molecular complexity index is 905. The molecule has 3 saturated heterocycles. The fourth-order valence-corrected chi connectivity index (χ4v) is 5.38. The summed E-state index contributed by atoms with van der Waals surface area (Å²) in [6.07, 6.45) is 5.75. The molecule has 3 atom stereocenters.